The second-order valence-corrected chi connectivity index (χ2v) is 6.76. The lowest BCUT2D eigenvalue weighted by molar-refractivity contribution is -0.137. The van der Waals surface area contributed by atoms with Gasteiger partial charge >= 0.3 is 0 Å². The van der Waals surface area contributed by atoms with Crippen molar-refractivity contribution in [1.82, 2.24) is 4.90 Å². The third-order valence-electron chi connectivity index (χ3n) is 4.93. The van der Waals surface area contributed by atoms with Gasteiger partial charge in [0, 0.05) is 18.7 Å². The molecule has 1 heterocycles. The minimum atomic E-state index is -0.0327. The largest absolute Gasteiger partial charge is 0.496 e. The fourth-order valence-electron chi connectivity index (χ4n) is 3.38. The van der Waals surface area contributed by atoms with Crippen molar-refractivity contribution in [2.45, 2.75) is 19.3 Å². The molecule has 0 aromatic heterocycles. The second kappa shape index (κ2) is 9.76. The highest BCUT2D eigenvalue weighted by Gasteiger charge is 2.23. The first kappa shape index (κ1) is 19.0. The molecule has 0 radical (unpaired) electrons. The summed E-state index contributed by atoms with van der Waals surface area (Å²) in [4.78, 5) is 19.4. The van der Waals surface area contributed by atoms with Crippen LogP contribution in [-0.4, -0.2) is 43.8 Å². The summed E-state index contributed by atoms with van der Waals surface area (Å²) < 4.78 is 5.25. The Bertz CT molecular complexity index is 753. The Morgan fingerprint density at radius 1 is 1.11 bits per heavy atom. The first-order chi connectivity index (χ1) is 13.3. The highest BCUT2D eigenvalue weighted by molar-refractivity contribution is 5.83. The number of para-hydroxylation sites is 1. The molecule has 5 nitrogen and oxygen atoms in total. The maximum Gasteiger partial charge on any atom is 0.263 e. The molecule has 2 aromatic rings. The molecule has 5 heteroatoms. The molecule has 0 aliphatic carbocycles. The molecule has 1 aliphatic heterocycles. The van der Waals surface area contributed by atoms with Crippen LogP contribution < -0.4 is 4.74 Å². The number of oxime groups is 1. The normalized spacial score (nSPS) is 15.1. The van der Waals surface area contributed by atoms with Gasteiger partial charge in [-0.25, -0.2) is 0 Å². The molecule has 1 aliphatic rings. The first-order valence-corrected chi connectivity index (χ1v) is 9.36. The molecule has 1 amide bonds. The molecule has 0 saturated carbocycles. The lowest BCUT2D eigenvalue weighted by Gasteiger charge is -2.31. The van der Waals surface area contributed by atoms with E-state index in [9.17, 15) is 4.79 Å². The van der Waals surface area contributed by atoms with Gasteiger partial charge in [-0.05, 0) is 42.9 Å². The quantitative estimate of drug-likeness (QED) is 0.556. The summed E-state index contributed by atoms with van der Waals surface area (Å²) in [5, 5.41) is 3.90. The Kier molecular flexibility index (Phi) is 6.85. The molecular formula is C22H26N2O3. The zero-order chi connectivity index (χ0) is 18.9. The van der Waals surface area contributed by atoms with Crippen LogP contribution in [0, 0.1) is 5.92 Å². The molecule has 142 valence electrons. The minimum Gasteiger partial charge on any atom is -0.496 e. The van der Waals surface area contributed by atoms with E-state index in [-0.39, 0.29) is 12.5 Å². The van der Waals surface area contributed by atoms with Crippen LogP contribution in [0.25, 0.3) is 0 Å². The van der Waals surface area contributed by atoms with Crippen molar-refractivity contribution < 1.29 is 14.4 Å². The van der Waals surface area contributed by atoms with Crippen LogP contribution in [0.2, 0.25) is 0 Å². The number of nitrogens with zero attached hydrogens (tertiary/aromatic N) is 2. The van der Waals surface area contributed by atoms with Gasteiger partial charge in [0.2, 0.25) is 0 Å². The minimum absolute atomic E-state index is 0.00895. The van der Waals surface area contributed by atoms with Crippen molar-refractivity contribution in [1.29, 1.82) is 0 Å². The highest BCUT2D eigenvalue weighted by atomic mass is 16.6. The lowest BCUT2D eigenvalue weighted by Crippen LogP contribution is -2.40. The van der Waals surface area contributed by atoms with Crippen molar-refractivity contribution in [2.75, 3.05) is 26.8 Å². The van der Waals surface area contributed by atoms with Crippen molar-refractivity contribution in [2.24, 2.45) is 11.1 Å². The molecular weight excluding hydrogens is 340 g/mol. The fourth-order valence-corrected chi connectivity index (χ4v) is 3.38. The number of ether oxygens (including phenoxy) is 1. The summed E-state index contributed by atoms with van der Waals surface area (Å²) in [7, 11) is 1.61. The second-order valence-electron chi connectivity index (χ2n) is 6.76. The van der Waals surface area contributed by atoms with E-state index in [0.717, 1.165) is 43.7 Å². The summed E-state index contributed by atoms with van der Waals surface area (Å²) in [6, 6.07) is 18.1. The average molecular weight is 366 g/mol. The maximum atomic E-state index is 12.3. The number of amides is 1. The standard InChI is InChI=1S/C22H26N2O3/c1-26-21-10-6-5-9-20(21)16-23-27-17-22(25)24-13-11-19(12-14-24)15-18-7-3-2-4-8-18/h2-10,16,19H,11-15,17H2,1H3/b23-16-. The van der Waals surface area contributed by atoms with E-state index in [0.29, 0.717) is 5.92 Å². The molecule has 1 fully saturated rings. The van der Waals surface area contributed by atoms with Crippen LogP contribution in [-0.2, 0) is 16.1 Å². The zero-order valence-corrected chi connectivity index (χ0v) is 15.7. The molecule has 1 saturated heterocycles. The highest BCUT2D eigenvalue weighted by Crippen LogP contribution is 2.21. The number of piperidine rings is 1. The van der Waals surface area contributed by atoms with Crippen LogP contribution in [0.15, 0.2) is 59.8 Å². The SMILES string of the molecule is COc1ccccc1/C=N\OCC(=O)N1CCC(Cc2ccccc2)CC1. The molecule has 0 N–H and O–H groups in total. The summed E-state index contributed by atoms with van der Waals surface area (Å²) in [6.07, 6.45) is 4.72. The van der Waals surface area contributed by atoms with E-state index in [1.807, 2.05) is 35.2 Å². The molecule has 0 atom stereocenters. The van der Waals surface area contributed by atoms with Gasteiger partial charge in [0.15, 0.2) is 6.61 Å². The van der Waals surface area contributed by atoms with Crippen LogP contribution in [0.5, 0.6) is 5.75 Å². The third-order valence-corrected chi connectivity index (χ3v) is 4.93. The molecule has 0 unspecified atom stereocenters. The Labute approximate surface area is 160 Å². The third kappa shape index (κ3) is 5.58. The van der Waals surface area contributed by atoms with Gasteiger partial charge in [0.1, 0.15) is 5.75 Å². The Balaban J connectivity index is 1.40. The van der Waals surface area contributed by atoms with Gasteiger partial charge in [0.05, 0.1) is 13.3 Å². The monoisotopic (exact) mass is 366 g/mol. The van der Waals surface area contributed by atoms with Gasteiger partial charge in [-0.15, -0.1) is 0 Å². The van der Waals surface area contributed by atoms with Crippen molar-refractivity contribution in [3.63, 3.8) is 0 Å². The summed E-state index contributed by atoms with van der Waals surface area (Å²) in [5.41, 5.74) is 2.19. The van der Waals surface area contributed by atoms with Crippen molar-refractivity contribution in [3.8, 4) is 5.75 Å². The van der Waals surface area contributed by atoms with Crippen LogP contribution in [0.1, 0.15) is 24.0 Å². The molecule has 2 aromatic carbocycles. The number of hydrogen-bond donors (Lipinski definition) is 0. The topological polar surface area (TPSA) is 51.1 Å². The van der Waals surface area contributed by atoms with Crippen LogP contribution in [0.3, 0.4) is 0 Å². The van der Waals surface area contributed by atoms with Crippen LogP contribution >= 0.6 is 0 Å². The Morgan fingerprint density at radius 3 is 2.56 bits per heavy atom. The van der Waals surface area contributed by atoms with Crippen molar-refractivity contribution >= 4 is 12.1 Å². The first-order valence-electron chi connectivity index (χ1n) is 9.36. The number of likely N-dealkylation sites (tertiary alicyclic amines) is 1. The van der Waals surface area contributed by atoms with E-state index >= 15 is 0 Å². The Morgan fingerprint density at radius 2 is 1.81 bits per heavy atom. The lowest BCUT2D eigenvalue weighted by atomic mass is 9.90. The van der Waals surface area contributed by atoms with Crippen molar-refractivity contribution in [3.05, 3.63) is 65.7 Å². The van der Waals surface area contributed by atoms with E-state index in [2.05, 4.69) is 29.4 Å². The van der Waals surface area contributed by atoms with Gasteiger partial charge in [0.25, 0.3) is 5.91 Å². The number of rotatable bonds is 7. The average Bonchev–Trinajstić information content (AvgIpc) is 2.72. The van der Waals surface area contributed by atoms with Crippen LogP contribution in [0.4, 0.5) is 0 Å². The summed E-state index contributed by atoms with van der Waals surface area (Å²) >= 11 is 0. The van der Waals surface area contributed by atoms with Gasteiger partial charge in [-0.1, -0.05) is 47.6 Å². The number of carbonyl (C=O) groups excluding carboxylic acids is 1. The molecule has 3 rings (SSSR count). The number of benzene rings is 2. The molecule has 0 spiro atoms. The predicted molar refractivity (Wildman–Crippen MR) is 106 cm³/mol. The molecule has 27 heavy (non-hydrogen) atoms. The summed E-state index contributed by atoms with van der Waals surface area (Å²) in [6.45, 7) is 1.54. The van der Waals surface area contributed by atoms with E-state index in [1.54, 1.807) is 13.3 Å². The van der Waals surface area contributed by atoms with E-state index in [4.69, 9.17) is 9.57 Å². The number of methoxy groups -OCH3 is 1. The fraction of sp³-hybridized carbons (Fsp3) is 0.364. The van der Waals surface area contributed by atoms with E-state index in [1.165, 1.54) is 5.56 Å². The predicted octanol–water partition coefficient (Wildman–Crippen LogP) is 3.53. The van der Waals surface area contributed by atoms with Gasteiger partial charge < -0.3 is 14.5 Å². The maximum absolute atomic E-state index is 12.3. The van der Waals surface area contributed by atoms with Gasteiger partial charge in [-0.2, -0.15) is 0 Å². The Hall–Kier alpha value is -2.82. The number of carbonyl (C=O) groups is 1. The smallest absolute Gasteiger partial charge is 0.263 e. The van der Waals surface area contributed by atoms with Gasteiger partial charge in [-0.3, -0.25) is 4.79 Å². The zero-order valence-electron chi connectivity index (χ0n) is 15.7. The summed E-state index contributed by atoms with van der Waals surface area (Å²) in [5.74, 6) is 1.35. The van der Waals surface area contributed by atoms with E-state index < -0.39 is 0 Å². The molecule has 0 bridgehead atoms. The number of hydrogen-bond acceptors (Lipinski definition) is 4.